The van der Waals surface area contributed by atoms with Crippen molar-refractivity contribution in [1.82, 2.24) is 0 Å². The van der Waals surface area contributed by atoms with Crippen molar-refractivity contribution in [3.05, 3.63) is 33.1 Å². The fourth-order valence-corrected chi connectivity index (χ4v) is 0.994. The lowest BCUT2D eigenvalue weighted by Crippen LogP contribution is -1.91. The minimum atomic E-state index is -0.153. The molecule has 58 valence electrons. The van der Waals surface area contributed by atoms with Crippen LogP contribution in [0.2, 0.25) is 0 Å². The first kappa shape index (κ1) is 8.20. The third-order valence-electron chi connectivity index (χ3n) is 1.36. The average Bonchev–Trinajstić information content (AvgIpc) is 1.94. The summed E-state index contributed by atoms with van der Waals surface area (Å²) in [4.78, 5) is 10.2. The molecule has 0 aromatic heterocycles. The zero-order chi connectivity index (χ0) is 8.43. The molecule has 11 heavy (non-hydrogen) atoms. The van der Waals surface area contributed by atoms with E-state index in [0.717, 1.165) is 10.0 Å². The second-order valence-electron chi connectivity index (χ2n) is 2.21. The number of aryl methyl sites for hydroxylation is 1. The Kier molecular flexibility index (Phi) is 2.24. The summed E-state index contributed by atoms with van der Waals surface area (Å²) in [6, 6.07) is 4.84. The van der Waals surface area contributed by atoms with Crippen molar-refractivity contribution in [3.8, 4) is 0 Å². The van der Waals surface area contributed by atoms with Crippen molar-refractivity contribution in [3.63, 3.8) is 0 Å². The van der Waals surface area contributed by atoms with E-state index in [4.69, 9.17) is 5.21 Å². The van der Waals surface area contributed by atoms with Gasteiger partial charge in [-0.25, -0.2) is 5.21 Å². The van der Waals surface area contributed by atoms with Crippen LogP contribution in [0.5, 0.6) is 0 Å². The first-order valence-electron chi connectivity index (χ1n) is 3.03. The van der Waals surface area contributed by atoms with Gasteiger partial charge in [0.25, 0.3) is 4.92 Å². The Hall–Kier alpha value is -0.900. The summed E-state index contributed by atoms with van der Waals surface area (Å²) in [6.07, 6.45) is 0. The zero-order valence-electron chi connectivity index (χ0n) is 5.91. The number of benzene rings is 1. The standard InChI is InChI=1S/C7H7BrNO2/c1-5-4-6(9(10)11)2-3-7(5)8/h2-4H,1H3,(H,10,11)/q+1. The summed E-state index contributed by atoms with van der Waals surface area (Å²) in [7, 11) is 0. The highest BCUT2D eigenvalue weighted by molar-refractivity contribution is 9.10. The molecule has 0 amide bonds. The third-order valence-corrected chi connectivity index (χ3v) is 2.25. The second kappa shape index (κ2) is 3.00. The quantitative estimate of drug-likeness (QED) is 0.734. The molecule has 1 aromatic carbocycles. The molecule has 0 aliphatic heterocycles. The summed E-state index contributed by atoms with van der Waals surface area (Å²) >= 11 is 3.28. The van der Waals surface area contributed by atoms with E-state index in [0.29, 0.717) is 0 Å². The molecule has 4 heteroatoms. The maximum atomic E-state index is 10.4. The van der Waals surface area contributed by atoms with Gasteiger partial charge in [-0.3, -0.25) is 0 Å². The smallest absolute Gasteiger partial charge is 0.241 e. The number of nitrogens with zero attached hydrogens (tertiary/aromatic N) is 1. The molecule has 0 heterocycles. The summed E-state index contributed by atoms with van der Waals surface area (Å²) in [5.74, 6) is 0. The zero-order valence-corrected chi connectivity index (χ0v) is 7.50. The van der Waals surface area contributed by atoms with Crippen LogP contribution in [0, 0.1) is 11.8 Å². The van der Waals surface area contributed by atoms with Gasteiger partial charge < -0.3 is 0 Å². The second-order valence-corrected chi connectivity index (χ2v) is 3.06. The highest BCUT2D eigenvalue weighted by Crippen LogP contribution is 2.20. The molecule has 0 radical (unpaired) electrons. The molecule has 3 nitrogen and oxygen atoms in total. The topological polar surface area (TPSA) is 40.3 Å². The van der Waals surface area contributed by atoms with Crippen molar-refractivity contribution in [2.24, 2.45) is 0 Å². The predicted octanol–water partition coefficient (Wildman–Crippen LogP) is 2.56. The fourth-order valence-electron chi connectivity index (χ4n) is 0.748. The molecule has 1 rings (SSSR count). The summed E-state index contributed by atoms with van der Waals surface area (Å²) in [5, 5.41) is 8.50. The van der Waals surface area contributed by atoms with Crippen molar-refractivity contribution in [2.45, 2.75) is 6.92 Å². The molecule has 0 fully saturated rings. The van der Waals surface area contributed by atoms with Gasteiger partial charge >= 0.3 is 5.69 Å². The van der Waals surface area contributed by atoms with Crippen LogP contribution in [0.15, 0.2) is 22.7 Å². The lowest BCUT2D eigenvalue weighted by atomic mass is 10.2. The van der Waals surface area contributed by atoms with Gasteiger partial charge in [0.2, 0.25) is 0 Å². The lowest BCUT2D eigenvalue weighted by Gasteiger charge is -1.92. The fraction of sp³-hybridized carbons (Fsp3) is 0.143. The normalized spacial score (nSPS) is 9.64. The molecule has 0 aliphatic carbocycles. The van der Waals surface area contributed by atoms with Gasteiger partial charge in [-0.15, -0.1) is 0 Å². The molecule has 1 aromatic rings. The first-order valence-corrected chi connectivity index (χ1v) is 3.83. The third kappa shape index (κ3) is 1.77. The largest absolute Gasteiger partial charge is 0.316 e. The molecule has 0 unspecified atom stereocenters. The molecular weight excluding hydrogens is 210 g/mol. The Bertz CT molecular complexity index is 298. The first-order chi connectivity index (χ1) is 5.11. The molecule has 0 atom stereocenters. The minimum Gasteiger partial charge on any atom is -0.241 e. The summed E-state index contributed by atoms with van der Waals surface area (Å²) in [6.45, 7) is 1.84. The predicted molar refractivity (Wildman–Crippen MR) is 44.0 cm³/mol. The van der Waals surface area contributed by atoms with Crippen LogP contribution in [-0.4, -0.2) is 10.1 Å². The van der Waals surface area contributed by atoms with Crippen LogP contribution < -0.4 is 0 Å². The average molecular weight is 217 g/mol. The van der Waals surface area contributed by atoms with Gasteiger partial charge in [0.05, 0.1) is 4.91 Å². The summed E-state index contributed by atoms with van der Waals surface area (Å²) < 4.78 is 0.920. The molecule has 1 N–H and O–H groups in total. The van der Waals surface area contributed by atoms with E-state index in [-0.39, 0.29) is 10.6 Å². The van der Waals surface area contributed by atoms with Crippen LogP contribution in [-0.2, 0) is 0 Å². The maximum absolute atomic E-state index is 10.4. The molecular formula is C7H7BrNO2+. The van der Waals surface area contributed by atoms with Gasteiger partial charge in [0, 0.05) is 16.6 Å². The lowest BCUT2D eigenvalue weighted by molar-refractivity contribution is -0.729. The molecule has 0 saturated carbocycles. The molecule has 0 bridgehead atoms. The highest BCUT2D eigenvalue weighted by atomic mass is 79.9. The SMILES string of the molecule is Cc1cc([N+](=O)O)ccc1Br. The van der Waals surface area contributed by atoms with Gasteiger partial charge in [-0.1, -0.05) is 15.9 Å². The number of halogens is 1. The van der Waals surface area contributed by atoms with E-state index in [2.05, 4.69) is 15.9 Å². The van der Waals surface area contributed by atoms with Gasteiger partial charge in [0.1, 0.15) is 0 Å². The highest BCUT2D eigenvalue weighted by Gasteiger charge is 2.11. The maximum Gasteiger partial charge on any atom is 0.316 e. The van der Waals surface area contributed by atoms with Gasteiger partial charge in [-0.2, -0.15) is 0 Å². The number of rotatable bonds is 1. The van der Waals surface area contributed by atoms with Gasteiger partial charge in [0.15, 0.2) is 0 Å². The van der Waals surface area contributed by atoms with E-state index < -0.39 is 0 Å². The van der Waals surface area contributed by atoms with Crippen molar-refractivity contribution in [1.29, 1.82) is 0 Å². The number of hydrogen-bond acceptors (Lipinski definition) is 1. The molecule has 0 aliphatic rings. The Morgan fingerprint density at radius 3 is 2.64 bits per heavy atom. The Labute approximate surface area is 72.3 Å². The Morgan fingerprint density at radius 1 is 1.55 bits per heavy atom. The van der Waals surface area contributed by atoms with Crippen molar-refractivity contribution >= 4 is 21.6 Å². The van der Waals surface area contributed by atoms with Crippen LogP contribution in [0.3, 0.4) is 0 Å². The van der Waals surface area contributed by atoms with E-state index in [9.17, 15) is 4.91 Å². The van der Waals surface area contributed by atoms with E-state index in [1.807, 2.05) is 6.92 Å². The molecule has 0 spiro atoms. The van der Waals surface area contributed by atoms with Gasteiger partial charge in [-0.05, 0) is 18.6 Å². The van der Waals surface area contributed by atoms with Crippen molar-refractivity contribution < 1.29 is 10.1 Å². The molecule has 0 saturated heterocycles. The minimum absolute atomic E-state index is 0.153. The van der Waals surface area contributed by atoms with E-state index in [1.54, 1.807) is 12.1 Å². The van der Waals surface area contributed by atoms with Crippen LogP contribution in [0.25, 0.3) is 0 Å². The van der Waals surface area contributed by atoms with Crippen molar-refractivity contribution in [2.75, 3.05) is 0 Å². The summed E-state index contributed by atoms with van der Waals surface area (Å²) in [5.41, 5.74) is 1.16. The van der Waals surface area contributed by atoms with E-state index in [1.165, 1.54) is 6.07 Å². The number of hydrogen-bond donors (Lipinski definition) is 1. The van der Waals surface area contributed by atoms with Crippen LogP contribution in [0.4, 0.5) is 5.69 Å². The van der Waals surface area contributed by atoms with Crippen LogP contribution in [0.1, 0.15) is 5.56 Å². The van der Waals surface area contributed by atoms with E-state index >= 15 is 0 Å². The monoisotopic (exact) mass is 216 g/mol. The Balaban J connectivity index is 3.15. The van der Waals surface area contributed by atoms with Crippen LogP contribution >= 0.6 is 15.9 Å². The Morgan fingerprint density at radius 2 is 2.18 bits per heavy atom.